The first kappa shape index (κ1) is 23.8. The summed E-state index contributed by atoms with van der Waals surface area (Å²) in [6, 6.07) is 12.7. The minimum Gasteiger partial charge on any atom is -0.491 e. The topological polar surface area (TPSA) is 116 Å². The summed E-state index contributed by atoms with van der Waals surface area (Å²) in [6.07, 6.45) is 2.43. The second-order valence-electron chi connectivity index (χ2n) is 9.48. The van der Waals surface area contributed by atoms with E-state index in [1.165, 1.54) is 0 Å². The molecular formula is C27H31N5O4. The average Bonchev–Trinajstić information content (AvgIpc) is 3.47. The largest absolute Gasteiger partial charge is 0.491 e. The first-order valence-corrected chi connectivity index (χ1v) is 12.5. The van der Waals surface area contributed by atoms with Crippen LogP contribution in [0.4, 0.5) is 0 Å². The number of imidazole rings is 1. The van der Waals surface area contributed by atoms with E-state index < -0.39 is 0 Å². The van der Waals surface area contributed by atoms with Gasteiger partial charge in [0.2, 0.25) is 11.8 Å². The third kappa shape index (κ3) is 5.19. The Kier molecular flexibility index (Phi) is 6.88. The Labute approximate surface area is 209 Å². The molecule has 3 aromatic rings. The molecule has 4 bridgehead atoms. The van der Waals surface area contributed by atoms with E-state index in [0.29, 0.717) is 37.4 Å². The third-order valence-corrected chi connectivity index (χ3v) is 6.97. The predicted molar refractivity (Wildman–Crippen MR) is 135 cm³/mol. The summed E-state index contributed by atoms with van der Waals surface area (Å²) in [5.41, 5.74) is 3.24. The molecule has 2 aromatic carbocycles. The van der Waals surface area contributed by atoms with E-state index in [4.69, 9.17) is 4.74 Å². The number of hydrogen-bond acceptors (Lipinski definition) is 5. The SMILES string of the molecule is Cc1ccc2cc1OCCNC(=O)C[C@@H]1CC[C@H](CNC2=O)N1C(=O)CCc1nc2ccccc2[nH]1. The van der Waals surface area contributed by atoms with Crippen molar-refractivity contribution in [3.8, 4) is 5.75 Å². The van der Waals surface area contributed by atoms with Gasteiger partial charge in [-0.3, -0.25) is 14.4 Å². The van der Waals surface area contributed by atoms with Crippen LogP contribution in [0.5, 0.6) is 5.75 Å². The zero-order chi connectivity index (χ0) is 25.1. The summed E-state index contributed by atoms with van der Waals surface area (Å²) >= 11 is 0. The van der Waals surface area contributed by atoms with Crippen LogP contribution < -0.4 is 15.4 Å². The van der Waals surface area contributed by atoms with Gasteiger partial charge in [0.25, 0.3) is 5.91 Å². The lowest BCUT2D eigenvalue weighted by atomic mass is 10.1. The van der Waals surface area contributed by atoms with Gasteiger partial charge in [-0.05, 0) is 49.6 Å². The maximum atomic E-state index is 13.4. The molecule has 5 rings (SSSR count). The van der Waals surface area contributed by atoms with Crippen molar-refractivity contribution in [2.75, 3.05) is 19.7 Å². The van der Waals surface area contributed by atoms with Gasteiger partial charge in [-0.15, -0.1) is 0 Å². The molecule has 2 atom stereocenters. The molecular weight excluding hydrogens is 458 g/mol. The Bertz CT molecular complexity index is 1250. The number of para-hydroxylation sites is 2. The Balaban J connectivity index is 1.32. The summed E-state index contributed by atoms with van der Waals surface area (Å²) in [6.45, 7) is 2.89. The smallest absolute Gasteiger partial charge is 0.251 e. The van der Waals surface area contributed by atoms with Crippen LogP contribution in [0.2, 0.25) is 0 Å². The van der Waals surface area contributed by atoms with Crippen molar-refractivity contribution in [1.29, 1.82) is 0 Å². The summed E-state index contributed by atoms with van der Waals surface area (Å²) < 4.78 is 5.80. The fourth-order valence-corrected chi connectivity index (χ4v) is 5.09. The highest BCUT2D eigenvalue weighted by molar-refractivity contribution is 5.94. The van der Waals surface area contributed by atoms with Crippen LogP contribution in [-0.4, -0.2) is 64.4 Å². The number of nitrogens with one attached hydrogen (secondary N) is 3. The molecule has 3 heterocycles. The molecule has 0 spiro atoms. The highest BCUT2D eigenvalue weighted by Crippen LogP contribution is 2.28. The van der Waals surface area contributed by atoms with Gasteiger partial charge < -0.3 is 25.3 Å². The number of ether oxygens (including phenoxy) is 1. The molecule has 0 unspecified atom stereocenters. The molecule has 9 nitrogen and oxygen atoms in total. The minimum absolute atomic E-state index is 0.0322. The molecule has 1 aromatic heterocycles. The Morgan fingerprint density at radius 1 is 1.11 bits per heavy atom. The molecule has 3 amide bonds. The fraction of sp³-hybridized carbons (Fsp3) is 0.407. The average molecular weight is 490 g/mol. The lowest BCUT2D eigenvalue weighted by Crippen LogP contribution is -2.48. The molecule has 3 N–H and O–H groups in total. The van der Waals surface area contributed by atoms with E-state index >= 15 is 0 Å². The van der Waals surface area contributed by atoms with Crippen molar-refractivity contribution < 1.29 is 19.1 Å². The molecule has 188 valence electrons. The second-order valence-corrected chi connectivity index (χ2v) is 9.48. The Morgan fingerprint density at radius 2 is 1.94 bits per heavy atom. The van der Waals surface area contributed by atoms with Gasteiger partial charge in [0, 0.05) is 43.5 Å². The lowest BCUT2D eigenvalue weighted by Gasteiger charge is -2.30. The maximum Gasteiger partial charge on any atom is 0.251 e. The van der Waals surface area contributed by atoms with Crippen LogP contribution in [-0.2, 0) is 16.0 Å². The molecule has 1 saturated heterocycles. The predicted octanol–water partition coefficient (Wildman–Crippen LogP) is 2.49. The number of hydrogen-bond donors (Lipinski definition) is 3. The standard InChI is InChI=1S/C27H31N5O4/c1-17-6-7-18-14-23(17)36-13-12-28-25(33)15-19-8-9-20(16-29-27(18)35)32(19)26(34)11-10-24-30-21-4-2-3-5-22(21)31-24/h2-7,14,19-20H,8-13,15-16H2,1H3,(H,28,33)(H,29,35)(H,30,31)/t19-,20+/m0/s1. The maximum absolute atomic E-state index is 13.4. The molecule has 9 heteroatoms. The molecule has 0 radical (unpaired) electrons. The van der Waals surface area contributed by atoms with Crippen molar-refractivity contribution in [1.82, 2.24) is 25.5 Å². The van der Waals surface area contributed by atoms with Crippen molar-refractivity contribution in [2.24, 2.45) is 0 Å². The van der Waals surface area contributed by atoms with Crippen molar-refractivity contribution in [2.45, 2.75) is 51.1 Å². The molecule has 36 heavy (non-hydrogen) atoms. The van der Waals surface area contributed by atoms with Crippen LogP contribution >= 0.6 is 0 Å². The molecule has 0 aliphatic carbocycles. The van der Waals surface area contributed by atoms with E-state index in [-0.39, 0.29) is 42.6 Å². The van der Waals surface area contributed by atoms with Gasteiger partial charge in [-0.2, -0.15) is 0 Å². The van der Waals surface area contributed by atoms with Crippen LogP contribution in [0, 0.1) is 6.92 Å². The number of amides is 3. The van der Waals surface area contributed by atoms with Gasteiger partial charge in [0.15, 0.2) is 0 Å². The Morgan fingerprint density at radius 3 is 2.81 bits per heavy atom. The van der Waals surface area contributed by atoms with Crippen molar-refractivity contribution in [3.05, 3.63) is 59.4 Å². The molecule has 2 aliphatic heterocycles. The van der Waals surface area contributed by atoms with E-state index in [9.17, 15) is 14.4 Å². The van der Waals surface area contributed by atoms with Crippen molar-refractivity contribution in [3.63, 3.8) is 0 Å². The van der Waals surface area contributed by atoms with Crippen LogP contribution in [0.3, 0.4) is 0 Å². The second kappa shape index (κ2) is 10.4. The molecule has 0 saturated carbocycles. The monoisotopic (exact) mass is 489 g/mol. The first-order chi connectivity index (χ1) is 17.5. The quantitative estimate of drug-likeness (QED) is 0.523. The summed E-state index contributed by atoms with van der Waals surface area (Å²) in [4.78, 5) is 48.6. The lowest BCUT2D eigenvalue weighted by molar-refractivity contribution is -0.135. The van der Waals surface area contributed by atoms with Crippen LogP contribution in [0.25, 0.3) is 11.0 Å². The number of aromatic nitrogens is 2. The fourth-order valence-electron chi connectivity index (χ4n) is 5.09. The highest BCUT2D eigenvalue weighted by Gasteiger charge is 2.37. The van der Waals surface area contributed by atoms with Gasteiger partial charge >= 0.3 is 0 Å². The number of carbonyl (C=O) groups is 3. The van der Waals surface area contributed by atoms with Gasteiger partial charge in [0.05, 0.1) is 17.6 Å². The molecule has 1 fully saturated rings. The minimum atomic E-state index is -0.206. The zero-order valence-corrected chi connectivity index (χ0v) is 20.4. The van der Waals surface area contributed by atoms with Crippen molar-refractivity contribution >= 4 is 28.8 Å². The number of carbonyl (C=O) groups excluding carboxylic acids is 3. The number of rotatable bonds is 3. The van der Waals surface area contributed by atoms with E-state index in [0.717, 1.165) is 35.3 Å². The summed E-state index contributed by atoms with van der Waals surface area (Å²) in [5.74, 6) is 1.04. The number of H-pyrrole nitrogens is 1. The highest BCUT2D eigenvalue weighted by atomic mass is 16.5. The zero-order valence-electron chi connectivity index (χ0n) is 20.4. The van der Waals surface area contributed by atoms with Crippen LogP contribution in [0.1, 0.15) is 47.4 Å². The third-order valence-electron chi connectivity index (χ3n) is 6.97. The normalized spacial score (nSPS) is 20.8. The number of fused-ring (bicyclic) bond motifs is 5. The van der Waals surface area contributed by atoms with Gasteiger partial charge in [-0.25, -0.2) is 4.98 Å². The molecule has 2 aliphatic rings. The van der Waals surface area contributed by atoms with Gasteiger partial charge in [0.1, 0.15) is 18.2 Å². The number of nitrogens with zero attached hydrogens (tertiary/aromatic N) is 2. The number of benzene rings is 2. The number of aromatic amines is 1. The van der Waals surface area contributed by atoms with E-state index in [2.05, 4.69) is 20.6 Å². The van der Waals surface area contributed by atoms with Crippen LogP contribution in [0.15, 0.2) is 42.5 Å². The Hall–Kier alpha value is -3.88. The first-order valence-electron chi connectivity index (χ1n) is 12.5. The van der Waals surface area contributed by atoms with E-state index in [1.807, 2.05) is 42.2 Å². The van der Waals surface area contributed by atoms with Gasteiger partial charge in [-0.1, -0.05) is 18.2 Å². The number of aryl methyl sites for hydroxylation is 2. The summed E-state index contributed by atoms with van der Waals surface area (Å²) in [5, 5.41) is 5.89. The van der Waals surface area contributed by atoms with E-state index in [1.54, 1.807) is 12.1 Å². The summed E-state index contributed by atoms with van der Waals surface area (Å²) in [7, 11) is 0.